The summed E-state index contributed by atoms with van der Waals surface area (Å²) in [5.41, 5.74) is 3.48. The van der Waals surface area contributed by atoms with Crippen LogP contribution in [0.1, 0.15) is 54.9 Å². The van der Waals surface area contributed by atoms with E-state index in [2.05, 4.69) is 4.98 Å². The number of aromatic amines is 1. The average Bonchev–Trinajstić information content (AvgIpc) is 2.80. The minimum Gasteiger partial charge on any atom is -0.454 e. The number of ketones is 2. The molecule has 5 heteroatoms. The predicted molar refractivity (Wildman–Crippen MR) is 86.1 cm³/mol. The van der Waals surface area contributed by atoms with Crippen LogP contribution in [0.3, 0.4) is 0 Å². The Morgan fingerprint density at radius 3 is 2.17 bits per heavy atom. The second-order valence-electron chi connectivity index (χ2n) is 5.55. The van der Waals surface area contributed by atoms with Crippen molar-refractivity contribution >= 4 is 17.5 Å². The lowest BCUT2D eigenvalue weighted by Crippen LogP contribution is -2.15. The van der Waals surface area contributed by atoms with Crippen molar-refractivity contribution in [2.24, 2.45) is 0 Å². The molecular weight excluding hydrogens is 294 g/mol. The molecule has 0 atom stereocenters. The third kappa shape index (κ3) is 3.56. The Morgan fingerprint density at radius 1 is 1.04 bits per heavy atom. The molecule has 5 nitrogen and oxygen atoms in total. The summed E-state index contributed by atoms with van der Waals surface area (Å²) in [4.78, 5) is 38.6. The molecule has 0 amide bonds. The summed E-state index contributed by atoms with van der Waals surface area (Å²) in [7, 11) is 0. The van der Waals surface area contributed by atoms with Gasteiger partial charge in [0, 0.05) is 11.3 Å². The minimum atomic E-state index is -0.550. The topological polar surface area (TPSA) is 76.2 Å². The minimum absolute atomic E-state index is 0.105. The van der Waals surface area contributed by atoms with Crippen LogP contribution in [0, 0.1) is 20.8 Å². The van der Waals surface area contributed by atoms with E-state index in [9.17, 15) is 14.4 Å². The van der Waals surface area contributed by atoms with Crippen molar-refractivity contribution in [3.8, 4) is 0 Å². The first-order valence-electron chi connectivity index (χ1n) is 7.28. The van der Waals surface area contributed by atoms with E-state index in [1.807, 2.05) is 6.92 Å². The summed E-state index contributed by atoms with van der Waals surface area (Å²) in [6, 6.07) is 6.91. The van der Waals surface area contributed by atoms with Gasteiger partial charge in [-0.1, -0.05) is 17.7 Å². The number of carbonyl (C=O) groups excluding carboxylic acids is 3. The van der Waals surface area contributed by atoms with Gasteiger partial charge in [-0.15, -0.1) is 0 Å². The lowest BCUT2D eigenvalue weighted by Gasteiger charge is -2.05. The summed E-state index contributed by atoms with van der Waals surface area (Å²) in [6.07, 6.45) is 0. The first-order chi connectivity index (χ1) is 10.8. The molecule has 0 aliphatic carbocycles. The Bertz CT molecular complexity index is 769. The monoisotopic (exact) mass is 313 g/mol. The van der Waals surface area contributed by atoms with Crippen LogP contribution in [-0.2, 0) is 4.74 Å². The lowest BCUT2D eigenvalue weighted by atomic mass is 10.1. The second-order valence-corrected chi connectivity index (χ2v) is 5.55. The number of ether oxygens (including phenoxy) is 1. The molecule has 1 N–H and O–H groups in total. The third-order valence-corrected chi connectivity index (χ3v) is 3.69. The molecule has 0 fully saturated rings. The lowest BCUT2D eigenvalue weighted by molar-refractivity contribution is 0.0473. The van der Waals surface area contributed by atoms with Crippen LogP contribution >= 0.6 is 0 Å². The fraction of sp³-hybridized carbons (Fsp3) is 0.278. The molecule has 0 unspecified atom stereocenters. The molecule has 0 saturated carbocycles. The number of esters is 1. The highest BCUT2D eigenvalue weighted by atomic mass is 16.5. The second kappa shape index (κ2) is 6.60. The van der Waals surface area contributed by atoms with E-state index in [0.29, 0.717) is 28.1 Å². The number of hydrogen-bond acceptors (Lipinski definition) is 4. The number of nitrogens with one attached hydrogen (secondary N) is 1. The van der Waals surface area contributed by atoms with Gasteiger partial charge in [0.25, 0.3) is 0 Å². The van der Waals surface area contributed by atoms with Gasteiger partial charge >= 0.3 is 5.97 Å². The van der Waals surface area contributed by atoms with Crippen molar-refractivity contribution < 1.29 is 19.1 Å². The van der Waals surface area contributed by atoms with Crippen molar-refractivity contribution in [2.75, 3.05) is 6.61 Å². The van der Waals surface area contributed by atoms with Gasteiger partial charge in [0.05, 0.1) is 11.3 Å². The van der Waals surface area contributed by atoms with Gasteiger partial charge in [-0.2, -0.15) is 0 Å². The highest BCUT2D eigenvalue weighted by Crippen LogP contribution is 2.19. The van der Waals surface area contributed by atoms with Crippen LogP contribution in [0.5, 0.6) is 0 Å². The zero-order chi connectivity index (χ0) is 17.1. The molecule has 0 aliphatic rings. The number of hydrogen-bond donors (Lipinski definition) is 1. The molecule has 23 heavy (non-hydrogen) atoms. The Morgan fingerprint density at radius 2 is 1.65 bits per heavy atom. The smallest absolute Gasteiger partial charge is 0.338 e. The Labute approximate surface area is 134 Å². The van der Waals surface area contributed by atoms with Crippen LogP contribution in [0.25, 0.3) is 0 Å². The SMILES string of the molecule is CC(=O)c1c(C)[nH]c(C(=O)COC(=O)c2ccc(C)cc2)c1C. The summed E-state index contributed by atoms with van der Waals surface area (Å²) < 4.78 is 5.06. The molecule has 1 aromatic carbocycles. The van der Waals surface area contributed by atoms with Crippen molar-refractivity contribution in [3.05, 3.63) is 57.9 Å². The number of carbonyl (C=O) groups is 3. The molecule has 0 spiro atoms. The number of rotatable bonds is 5. The molecule has 2 aromatic rings. The maximum Gasteiger partial charge on any atom is 0.338 e. The Kier molecular flexibility index (Phi) is 4.79. The van der Waals surface area contributed by atoms with Crippen molar-refractivity contribution in [3.63, 3.8) is 0 Å². The van der Waals surface area contributed by atoms with E-state index >= 15 is 0 Å². The van der Waals surface area contributed by atoms with E-state index in [4.69, 9.17) is 4.74 Å². The highest BCUT2D eigenvalue weighted by Gasteiger charge is 2.20. The van der Waals surface area contributed by atoms with Gasteiger partial charge in [-0.25, -0.2) is 4.79 Å². The predicted octanol–water partition coefficient (Wildman–Crippen LogP) is 3.18. The molecule has 2 rings (SSSR count). The van der Waals surface area contributed by atoms with Crippen molar-refractivity contribution in [2.45, 2.75) is 27.7 Å². The van der Waals surface area contributed by atoms with Gasteiger partial charge in [0.2, 0.25) is 5.78 Å². The Hall–Kier alpha value is -2.69. The summed E-state index contributed by atoms with van der Waals surface area (Å²) in [5.74, 6) is -1.02. The number of H-pyrrole nitrogens is 1. The maximum absolute atomic E-state index is 12.2. The Balaban J connectivity index is 2.08. The van der Waals surface area contributed by atoms with Gasteiger partial charge in [-0.05, 0) is 45.4 Å². The van der Waals surface area contributed by atoms with Gasteiger partial charge in [0.1, 0.15) is 0 Å². The van der Waals surface area contributed by atoms with E-state index in [0.717, 1.165) is 5.56 Å². The van der Waals surface area contributed by atoms with E-state index in [1.165, 1.54) is 6.92 Å². The molecular formula is C18H19NO4. The van der Waals surface area contributed by atoms with Crippen LogP contribution in [0.15, 0.2) is 24.3 Å². The molecule has 0 saturated heterocycles. The summed E-state index contributed by atoms with van der Waals surface area (Å²) >= 11 is 0. The number of benzene rings is 1. The maximum atomic E-state index is 12.2. The van der Waals surface area contributed by atoms with Crippen LogP contribution < -0.4 is 0 Å². The van der Waals surface area contributed by atoms with Crippen molar-refractivity contribution in [1.29, 1.82) is 0 Å². The molecule has 1 heterocycles. The first kappa shape index (κ1) is 16.7. The standard InChI is InChI=1S/C18H19NO4/c1-10-5-7-14(8-6-10)18(22)23-9-15(21)17-11(2)16(13(4)20)12(3)19-17/h5-8,19H,9H2,1-4H3. The number of aromatic nitrogens is 1. The fourth-order valence-electron chi connectivity index (χ4n) is 2.53. The van der Waals surface area contributed by atoms with Gasteiger partial charge < -0.3 is 9.72 Å². The van der Waals surface area contributed by atoms with E-state index in [-0.39, 0.29) is 18.2 Å². The van der Waals surface area contributed by atoms with Crippen molar-refractivity contribution in [1.82, 2.24) is 4.98 Å². The van der Waals surface area contributed by atoms with E-state index < -0.39 is 5.97 Å². The number of Topliss-reactive ketones (excluding diaryl/α,β-unsaturated/α-hetero) is 2. The van der Waals surface area contributed by atoms with Crippen LogP contribution in [0.4, 0.5) is 0 Å². The molecule has 1 aromatic heterocycles. The van der Waals surface area contributed by atoms with Gasteiger partial charge in [0.15, 0.2) is 12.4 Å². The van der Waals surface area contributed by atoms with Crippen LogP contribution in [-0.4, -0.2) is 29.1 Å². The average molecular weight is 313 g/mol. The molecule has 0 radical (unpaired) electrons. The molecule has 0 bridgehead atoms. The van der Waals surface area contributed by atoms with Crippen LogP contribution in [0.2, 0.25) is 0 Å². The number of aryl methyl sites for hydroxylation is 2. The van der Waals surface area contributed by atoms with E-state index in [1.54, 1.807) is 38.1 Å². The zero-order valence-corrected chi connectivity index (χ0v) is 13.6. The first-order valence-corrected chi connectivity index (χ1v) is 7.28. The molecule has 0 aliphatic heterocycles. The third-order valence-electron chi connectivity index (χ3n) is 3.69. The zero-order valence-electron chi connectivity index (χ0n) is 13.6. The fourth-order valence-corrected chi connectivity index (χ4v) is 2.53. The highest BCUT2D eigenvalue weighted by molar-refractivity contribution is 6.04. The summed E-state index contributed by atoms with van der Waals surface area (Å²) in [5, 5.41) is 0. The largest absolute Gasteiger partial charge is 0.454 e. The summed E-state index contributed by atoms with van der Waals surface area (Å²) in [6.45, 7) is 6.44. The normalized spacial score (nSPS) is 10.4. The quantitative estimate of drug-likeness (QED) is 0.679. The molecule has 120 valence electrons. The van der Waals surface area contributed by atoms with Gasteiger partial charge in [-0.3, -0.25) is 9.59 Å².